The van der Waals surface area contributed by atoms with E-state index in [2.05, 4.69) is 25.6 Å². The van der Waals surface area contributed by atoms with Gasteiger partial charge in [0.1, 0.15) is 6.33 Å². The number of nitrogens with one attached hydrogen (secondary N) is 2. The molecule has 0 aliphatic heterocycles. The van der Waals surface area contributed by atoms with Crippen LogP contribution in [0.1, 0.15) is 5.56 Å². The summed E-state index contributed by atoms with van der Waals surface area (Å²) in [6.45, 7) is 0. The van der Waals surface area contributed by atoms with Crippen molar-refractivity contribution < 1.29 is 18.1 Å². The van der Waals surface area contributed by atoms with Gasteiger partial charge in [0.15, 0.2) is 5.82 Å². The molecule has 0 atom stereocenters. The lowest BCUT2D eigenvalue weighted by Crippen LogP contribution is -2.08. The maximum atomic E-state index is 12.8. The van der Waals surface area contributed by atoms with Gasteiger partial charge in [0.25, 0.3) is 0 Å². The fourth-order valence-electron chi connectivity index (χ4n) is 2.24. The highest BCUT2D eigenvalue weighted by molar-refractivity contribution is 6.42. The molecule has 8 nitrogen and oxygen atoms in total. The Hall–Kier alpha value is -2.89. The Morgan fingerprint density at radius 3 is 2.13 bits per heavy atom. The van der Waals surface area contributed by atoms with E-state index in [1.807, 2.05) is 0 Å². The van der Waals surface area contributed by atoms with Crippen molar-refractivity contribution in [1.29, 1.82) is 0 Å². The lowest BCUT2D eigenvalue weighted by molar-refractivity contribution is -0.383. The van der Waals surface area contributed by atoms with Crippen molar-refractivity contribution in [3.05, 3.63) is 67.5 Å². The van der Waals surface area contributed by atoms with Gasteiger partial charge in [0, 0.05) is 11.9 Å². The molecule has 0 saturated heterocycles. The highest BCUT2D eigenvalue weighted by Gasteiger charge is 2.32. The maximum Gasteiger partial charge on any atom is 0.417 e. The highest BCUT2D eigenvalue weighted by atomic mass is 35.5. The van der Waals surface area contributed by atoms with E-state index < -0.39 is 27.4 Å². The van der Waals surface area contributed by atoms with Gasteiger partial charge < -0.3 is 10.6 Å². The van der Waals surface area contributed by atoms with Crippen LogP contribution in [0.4, 0.5) is 42.0 Å². The molecule has 2 aromatic heterocycles. The number of nitrogens with zero attached hydrogens (tertiary/aromatic N) is 4. The van der Waals surface area contributed by atoms with Crippen molar-refractivity contribution in [2.24, 2.45) is 0 Å². The molecule has 3 rings (SSSR count). The van der Waals surface area contributed by atoms with Crippen LogP contribution in [-0.4, -0.2) is 19.9 Å². The van der Waals surface area contributed by atoms with Gasteiger partial charge >= 0.3 is 11.9 Å². The summed E-state index contributed by atoms with van der Waals surface area (Å²) in [5.41, 5.74) is -1.32. The van der Waals surface area contributed by atoms with Gasteiger partial charge in [-0.05, 0) is 24.3 Å². The van der Waals surface area contributed by atoms with E-state index in [4.69, 9.17) is 34.8 Å². The smallest absolute Gasteiger partial charge is 0.334 e. The first kappa shape index (κ1) is 21.8. The number of halogens is 6. The van der Waals surface area contributed by atoms with E-state index in [1.165, 1.54) is 18.2 Å². The van der Waals surface area contributed by atoms with Crippen molar-refractivity contribution in [2.45, 2.75) is 6.18 Å². The SMILES string of the molecule is O=[N+]([O-])c1c(Nc2ccc(Cl)c(Cl)c2)ncnc1Nc1ncc(C(F)(F)F)cc1Cl. The zero-order chi connectivity index (χ0) is 22.1. The Kier molecular flexibility index (Phi) is 6.15. The first-order valence-electron chi connectivity index (χ1n) is 7.77. The number of benzene rings is 1. The van der Waals surface area contributed by atoms with Crippen molar-refractivity contribution in [3.63, 3.8) is 0 Å². The van der Waals surface area contributed by atoms with Crippen LogP contribution in [0, 0.1) is 10.1 Å². The van der Waals surface area contributed by atoms with Gasteiger partial charge in [-0.3, -0.25) is 10.1 Å². The van der Waals surface area contributed by atoms with Crippen molar-refractivity contribution in [1.82, 2.24) is 15.0 Å². The molecule has 1 aromatic carbocycles. The first-order valence-corrected chi connectivity index (χ1v) is 8.91. The van der Waals surface area contributed by atoms with E-state index in [0.29, 0.717) is 18.0 Å². The Labute approximate surface area is 181 Å². The third kappa shape index (κ3) is 4.81. The quantitative estimate of drug-likeness (QED) is 0.329. The minimum atomic E-state index is -4.65. The zero-order valence-corrected chi connectivity index (χ0v) is 16.6. The summed E-state index contributed by atoms with van der Waals surface area (Å²) in [5.74, 6) is -0.808. The lowest BCUT2D eigenvalue weighted by Gasteiger charge is -2.12. The van der Waals surface area contributed by atoms with E-state index in [0.717, 1.165) is 6.33 Å². The lowest BCUT2D eigenvalue weighted by atomic mass is 10.2. The predicted molar refractivity (Wildman–Crippen MR) is 106 cm³/mol. The van der Waals surface area contributed by atoms with Crippen LogP contribution in [0.3, 0.4) is 0 Å². The van der Waals surface area contributed by atoms with Crippen LogP contribution in [0.5, 0.6) is 0 Å². The van der Waals surface area contributed by atoms with Gasteiger partial charge in [-0.2, -0.15) is 13.2 Å². The average molecular weight is 480 g/mol. The Morgan fingerprint density at radius 2 is 1.57 bits per heavy atom. The number of hydrogen-bond donors (Lipinski definition) is 2. The number of nitro groups is 1. The molecule has 0 spiro atoms. The number of aromatic nitrogens is 3. The third-order valence-electron chi connectivity index (χ3n) is 3.59. The topological polar surface area (TPSA) is 106 Å². The molecule has 0 aliphatic rings. The van der Waals surface area contributed by atoms with Gasteiger partial charge in [-0.1, -0.05) is 34.8 Å². The summed E-state index contributed by atoms with van der Waals surface area (Å²) in [7, 11) is 0. The molecule has 3 aromatic rings. The summed E-state index contributed by atoms with van der Waals surface area (Å²) >= 11 is 17.6. The largest absolute Gasteiger partial charge is 0.417 e. The second kappa shape index (κ2) is 8.46. The second-order valence-corrected chi connectivity index (χ2v) is 6.83. The normalized spacial score (nSPS) is 11.3. The van der Waals surface area contributed by atoms with E-state index in [9.17, 15) is 23.3 Å². The van der Waals surface area contributed by atoms with Crippen LogP contribution < -0.4 is 10.6 Å². The summed E-state index contributed by atoms with van der Waals surface area (Å²) in [6.07, 6.45) is -3.10. The maximum absolute atomic E-state index is 12.8. The van der Waals surface area contributed by atoms with Crippen LogP contribution >= 0.6 is 34.8 Å². The molecule has 0 radical (unpaired) electrons. The average Bonchev–Trinajstić information content (AvgIpc) is 2.65. The van der Waals surface area contributed by atoms with Gasteiger partial charge in [0.05, 0.1) is 25.6 Å². The van der Waals surface area contributed by atoms with Crippen LogP contribution in [0.15, 0.2) is 36.8 Å². The van der Waals surface area contributed by atoms with E-state index >= 15 is 0 Å². The number of alkyl halides is 3. The van der Waals surface area contributed by atoms with Crippen molar-refractivity contribution in [3.8, 4) is 0 Å². The monoisotopic (exact) mass is 478 g/mol. The number of anilines is 4. The minimum Gasteiger partial charge on any atom is -0.334 e. The van der Waals surface area contributed by atoms with E-state index in [1.54, 1.807) is 0 Å². The molecular weight excluding hydrogens is 472 g/mol. The Morgan fingerprint density at radius 1 is 0.900 bits per heavy atom. The summed E-state index contributed by atoms with van der Waals surface area (Å²) in [6, 6.07) is 5.06. The molecule has 0 bridgehead atoms. The van der Waals surface area contributed by atoms with Crippen LogP contribution in [0.25, 0.3) is 0 Å². The molecule has 156 valence electrons. The summed E-state index contributed by atoms with van der Waals surface area (Å²) in [5, 5.41) is 16.9. The molecule has 2 heterocycles. The van der Waals surface area contributed by atoms with Crippen molar-refractivity contribution >= 4 is 63.6 Å². The highest BCUT2D eigenvalue weighted by Crippen LogP contribution is 2.37. The third-order valence-corrected chi connectivity index (χ3v) is 4.62. The van der Waals surface area contributed by atoms with Gasteiger partial charge in [-0.15, -0.1) is 0 Å². The standard InChI is InChI=1S/C16H8Cl3F3N6O2/c17-9-2-1-8(4-10(9)18)26-14-12(28(29)30)15(25-6-24-14)27-13-11(19)3-7(5-23-13)16(20,21)22/h1-6H,(H2,23,24,25,26,27). The van der Waals surface area contributed by atoms with E-state index in [-0.39, 0.29) is 27.5 Å². The van der Waals surface area contributed by atoms with Crippen LogP contribution in [0.2, 0.25) is 15.1 Å². The molecule has 0 unspecified atom stereocenters. The number of pyridine rings is 1. The molecule has 2 N–H and O–H groups in total. The molecular formula is C16H8Cl3F3N6O2. The molecule has 14 heteroatoms. The molecule has 30 heavy (non-hydrogen) atoms. The molecule has 0 amide bonds. The fraction of sp³-hybridized carbons (Fsp3) is 0.0625. The van der Waals surface area contributed by atoms with Crippen LogP contribution in [-0.2, 0) is 6.18 Å². The summed E-state index contributed by atoms with van der Waals surface area (Å²) < 4.78 is 38.3. The zero-order valence-electron chi connectivity index (χ0n) is 14.3. The van der Waals surface area contributed by atoms with Gasteiger partial charge in [-0.25, -0.2) is 15.0 Å². The number of rotatable bonds is 5. The Bertz CT molecular complexity index is 1130. The molecule has 0 saturated carbocycles. The fourth-order valence-corrected chi connectivity index (χ4v) is 2.75. The first-order chi connectivity index (χ1) is 14.1. The summed E-state index contributed by atoms with van der Waals surface area (Å²) in [4.78, 5) is 22.0. The number of hydrogen-bond acceptors (Lipinski definition) is 7. The van der Waals surface area contributed by atoms with Gasteiger partial charge in [0.2, 0.25) is 11.6 Å². The molecule has 0 fully saturated rings. The minimum absolute atomic E-state index is 0.206. The Balaban J connectivity index is 1.97. The second-order valence-electron chi connectivity index (χ2n) is 5.61. The van der Waals surface area contributed by atoms with Crippen molar-refractivity contribution in [2.75, 3.05) is 10.6 Å². The predicted octanol–water partition coefficient (Wildman–Crippen LogP) is 6.25. The molecule has 0 aliphatic carbocycles.